The van der Waals surface area contributed by atoms with Gasteiger partial charge in [-0.1, -0.05) is 24.3 Å². The number of benzene rings is 2. The molecule has 2 aromatic carbocycles. The van der Waals surface area contributed by atoms with Crippen LogP contribution in [0.2, 0.25) is 0 Å². The van der Waals surface area contributed by atoms with Crippen molar-refractivity contribution < 1.29 is 19.4 Å². The maximum absolute atomic E-state index is 12.2. The molecule has 0 spiro atoms. The van der Waals surface area contributed by atoms with Gasteiger partial charge in [0, 0.05) is 12.1 Å². The van der Waals surface area contributed by atoms with Gasteiger partial charge >= 0.3 is 11.8 Å². The zero-order valence-corrected chi connectivity index (χ0v) is 12.0. The van der Waals surface area contributed by atoms with Crippen molar-refractivity contribution in [3.63, 3.8) is 0 Å². The summed E-state index contributed by atoms with van der Waals surface area (Å²) in [5.74, 6) is -2.75. The van der Waals surface area contributed by atoms with E-state index in [0.29, 0.717) is 4.90 Å². The zero-order valence-electron chi connectivity index (χ0n) is 12.0. The summed E-state index contributed by atoms with van der Waals surface area (Å²) in [5.41, 5.74) is 3.37. The fourth-order valence-electron chi connectivity index (χ4n) is 2.07. The Morgan fingerprint density at radius 1 is 0.833 bits per heavy atom. The van der Waals surface area contributed by atoms with Crippen LogP contribution in [-0.4, -0.2) is 21.7 Å². The average Bonchev–Trinajstić information content (AvgIpc) is 2.55. The molecule has 0 atom stereocenters. The van der Waals surface area contributed by atoms with Crippen LogP contribution in [0.5, 0.6) is 0 Å². The summed E-state index contributed by atoms with van der Waals surface area (Å²) in [5, 5.41) is 22.4. The summed E-state index contributed by atoms with van der Waals surface area (Å²) in [4.78, 5) is 44.9. The van der Waals surface area contributed by atoms with Crippen molar-refractivity contribution in [2.24, 2.45) is 5.73 Å². The van der Waals surface area contributed by atoms with Crippen LogP contribution >= 0.6 is 0 Å². The molecule has 0 aromatic heterocycles. The summed E-state index contributed by atoms with van der Waals surface area (Å²) in [7, 11) is 0. The summed E-state index contributed by atoms with van der Waals surface area (Å²) in [6.45, 7) is 0. The van der Waals surface area contributed by atoms with Gasteiger partial charge in [-0.2, -0.15) is 0 Å². The normalized spacial score (nSPS) is 10.0. The molecule has 2 aromatic rings. The summed E-state index contributed by atoms with van der Waals surface area (Å²) in [6, 6.07) is 10.1. The van der Waals surface area contributed by atoms with Gasteiger partial charge in [0.15, 0.2) is 0 Å². The van der Waals surface area contributed by atoms with Crippen molar-refractivity contribution in [1.82, 2.24) is 0 Å². The molecule has 0 radical (unpaired) electrons. The van der Waals surface area contributed by atoms with E-state index in [1.165, 1.54) is 36.4 Å². The first-order valence-corrected chi connectivity index (χ1v) is 6.45. The van der Waals surface area contributed by atoms with Crippen molar-refractivity contribution in [3.8, 4) is 0 Å². The van der Waals surface area contributed by atoms with Gasteiger partial charge in [0.1, 0.15) is 11.4 Å². The molecular weight excluding hydrogens is 320 g/mol. The van der Waals surface area contributed by atoms with E-state index in [-0.39, 0.29) is 11.4 Å². The van der Waals surface area contributed by atoms with Crippen molar-refractivity contribution >= 4 is 34.6 Å². The molecule has 24 heavy (non-hydrogen) atoms. The summed E-state index contributed by atoms with van der Waals surface area (Å²) in [6.07, 6.45) is 0. The number of para-hydroxylation sites is 4. The topological polar surface area (TPSA) is 150 Å². The molecule has 0 bridgehead atoms. The highest BCUT2D eigenvalue weighted by Gasteiger charge is 2.32. The molecule has 10 nitrogen and oxygen atoms in total. The second-order valence-corrected chi connectivity index (χ2v) is 4.50. The molecule has 2 N–H and O–H groups in total. The van der Waals surface area contributed by atoms with Gasteiger partial charge in [-0.05, 0) is 12.1 Å². The standard InChI is InChI=1S/C14H10N4O6/c15-13(19)14(20)16(9-5-1-3-7-11(9)17(21)22)10-6-2-4-8-12(10)18(23)24/h1-8H,(H2,15,19). The molecule has 0 aliphatic heterocycles. The number of nitrogens with zero attached hydrogens (tertiary/aromatic N) is 3. The Morgan fingerprint density at radius 2 is 1.21 bits per heavy atom. The summed E-state index contributed by atoms with van der Waals surface area (Å²) >= 11 is 0. The number of carbonyl (C=O) groups excluding carboxylic acids is 2. The van der Waals surface area contributed by atoms with Crippen LogP contribution in [0.3, 0.4) is 0 Å². The van der Waals surface area contributed by atoms with Gasteiger partial charge < -0.3 is 5.73 Å². The van der Waals surface area contributed by atoms with E-state index in [4.69, 9.17) is 5.73 Å². The highest BCUT2D eigenvalue weighted by atomic mass is 16.6. The second-order valence-electron chi connectivity index (χ2n) is 4.50. The highest BCUT2D eigenvalue weighted by Crippen LogP contribution is 2.38. The van der Waals surface area contributed by atoms with E-state index in [0.717, 1.165) is 12.1 Å². The minimum Gasteiger partial charge on any atom is -0.361 e. The predicted molar refractivity (Wildman–Crippen MR) is 82.5 cm³/mol. The Bertz CT molecular complexity index is 793. The minimum absolute atomic E-state index is 0.305. The van der Waals surface area contributed by atoms with Gasteiger partial charge in [0.2, 0.25) is 0 Å². The molecule has 0 fully saturated rings. The number of nitro benzene ring substituents is 2. The van der Waals surface area contributed by atoms with Crippen LogP contribution in [0.25, 0.3) is 0 Å². The third kappa shape index (κ3) is 3.02. The van der Waals surface area contributed by atoms with Crippen LogP contribution < -0.4 is 10.6 Å². The van der Waals surface area contributed by atoms with E-state index in [9.17, 15) is 29.8 Å². The SMILES string of the molecule is NC(=O)C(=O)N(c1ccccc1[N+](=O)[O-])c1ccccc1[N+](=O)[O-]. The number of hydrogen-bond donors (Lipinski definition) is 1. The lowest BCUT2D eigenvalue weighted by atomic mass is 10.2. The first kappa shape index (κ1) is 16.5. The predicted octanol–water partition coefficient (Wildman–Crippen LogP) is 1.65. The lowest BCUT2D eigenvalue weighted by Gasteiger charge is -2.20. The fourth-order valence-corrected chi connectivity index (χ4v) is 2.07. The first-order valence-electron chi connectivity index (χ1n) is 6.45. The number of primary amides is 1. The molecule has 0 saturated heterocycles. The van der Waals surface area contributed by atoms with Crippen LogP contribution in [-0.2, 0) is 9.59 Å². The molecule has 2 rings (SSSR count). The van der Waals surface area contributed by atoms with Gasteiger partial charge in [-0.25, -0.2) is 0 Å². The Balaban J connectivity index is 2.78. The maximum Gasteiger partial charge on any atom is 0.321 e. The molecule has 2 amide bonds. The number of carbonyl (C=O) groups is 2. The molecule has 0 unspecified atom stereocenters. The lowest BCUT2D eigenvalue weighted by molar-refractivity contribution is -0.384. The van der Waals surface area contributed by atoms with Gasteiger partial charge in [0.05, 0.1) is 9.85 Å². The Kier molecular flexibility index (Phi) is 4.50. The molecule has 0 saturated carbocycles. The number of rotatable bonds is 4. The number of hydrogen-bond acceptors (Lipinski definition) is 6. The highest BCUT2D eigenvalue weighted by molar-refractivity contribution is 6.42. The van der Waals surface area contributed by atoms with Crippen LogP contribution in [0.4, 0.5) is 22.7 Å². The van der Waals surface area contributed by atoms with Crippen molar-refractivity contribution in [1.29, 1.82) is 0 Å². The zero-order chi connectivity index (χ0) is 17.9. The van der Waals surface area contributed by atoms with E-state index in [1.54, 1.807) is 0 Å². The fraction of sp³-hybridized carbons (Fsp3) is 0. The molecule has 10 heteroatoms. The van der Waals surface area contributed by atoms with E-state index >= 15 is 0 Å². The lowest BCUT2D eigenvalue weighted by Crippen LogP contribution is -2.38. The number of amides is 2. The number of anilines is 2. The Hall–Kier alpha value is -3.82. The molecule has 0 aliphatic rings. The summed E-state index contributed by atoms with van der Waals surface area (Å²) < 4.78 is 0. The van der Waals surface area contributed by atoms with E-state index in [2.05, 4.69) is 0 Å². The Labute approximate surface area is 134 Å². The maximum atomic E-state index is 12.2. The monoisotopic (exact) mass is 330 g/mol. The first-order chi connectivity index (χ1) is 11.3. The smallest absolute Gasteiger partial charge is 0.321 e. The van der Waals surface area contributed by atoms with Crippen LogP contribution in [0.15, 0.2) is 48.5 Å². The van der Waals surface area contributed by atoms with Crippen LogP contribution in [0.1, 0.15) is 0 Å². The third-order valence-corrected chi connectivity index (χ3v) is 3.05. The van der Waals surface area contributed by atoms with Gasteiger partial charge in [-0.3, -0.25) is 34.7 Å². The Morgan fingerprint density at radius 3 is 1.54 bits per heavy atom. The molecule has 122 valence electrons. The molecule has 0 heterocycles. The molecule has 0 aliphatic carbocycles. The second kappa shape index (κ2) is 6.52. The molecular formula is C14H10N4O6. The van der Waals surface area contributed by atoms with E-state index < -0.39 is 33.0 Å². The largest absolute Gasteiger partial charge is 0.361 e. The average molecular weight is 330 g/mol. The number of nitro groups is 2. The third-order valence-electron chi connectivity index (χ3n) is 3.05. The van der Waals surface area contributed by atoms with Gasteiger partial charge in [-0.15, -0.1) is 0 Å². The van der Waals surface area contributed by atoms with Crippen molar-refractivity contribution in [3.05, 3.63) is 68.8 Å². The van der Waals surface area contributed by atoms with Crippen LogP contribution in [0, 0.1) is 20.2 Å². The number of nitrogens with two attached hydrogens (primary N) is 1. The van der Waals surface area contributed by atoms with Gasteiger partial charge in [0.25, 0.3) is 11.4 Å². The van der Waals surface area contributed by atoms with E-state index in [1.807, 2.05) is 0 Å². The minimum atomic E-state index is -1.41. The van der Waals surface area contributed by atoms with Crippen molar-refractivity contribution in [2.45, 2.75) is 0 Å². The van der Waals surface area contributed by atoms with Crippen molar-refractivity contribution in [2.75, 3.05) is 4.90 Å². The quantitative estimate of drug-likeness (QED) is 0.511.